The van der Waals surface area contributed by atoms with Crippen molar-refractivity contribution < 1.29 is 4.42 Å². The fourth-order valence-corrected chi connectivity index (χ4v) is 9.61. The minimum atomic E-state index is 0.658. The molecule has 0 unspecified atom stereocenters. The van der Waals surface area contributed by atoms with Crippen molar-refractivity contribution in [2.45, 2.75) is 0 Å². The van der Waals surface area contributed by atoms with Gasteiger partial charge in [0.15, 0.2) is 5.82 Å². The molecule has 3 aromatic heterocycles. The first kappa shape index (κ1) is 34.5. The standard InChI is InChI=1S/C58H35N3O/c1-3-15-36(16-4-1)47-34-50(58-59-51(37-17-5-2-6-18-37)35-52(60-58)42-27-28-45-44-24-13-14-26-55(44)62-56(45)33-42)43-23-11-12-25-46(43)57(47)61-53-31-40-21-9-7-19-38(40)29-48(53)49-30-39-20-8-10-22-41(39)32-54(49)61/h1-35H. The second kappa shape index (κ2) is 13.6. The van der Waals surface area contributed by atoms with Crippen molar-refractivity contribution in [1.82, 2.24) is 14.5 Å². The molecule has 4 heteroatoms. The highest BCUT2D eigenvalue weighted by Crippen LogP contribution is 2.45. The van der Waals surface area contributed by atoms with Crippen LogP contribution in [0.3, 0.4) is 0 Å². The molecule has 3 heterocycles. The molecule has 0 radical (unpaired) electrons. The lowest BCUT2D eigenvalue weighted by Crippen LogP contribution is -2.02. The summed E-state index contributed by atoms with van der Waals surface area (Å²) in [6.45, 7) is 0. The third kappa shape index (κ3) is 5.40. The number of hydrogen-bond donors (Lipinski definition) is 0. The fraction of sp³-hybridized carbons (Fsp3) is 0. The van der Waals surface area contributed by atoms with Gasteiger partial charge in [-0.05, 0) is 87.1 Å². The number of furan rings is 1. The van der Waals surface area contributed by atoms with Gasteiger partial charge in [0.1, 0.15) is 11.2 Å². The van der Waals surface area contributed by atoms with Crippen molar-refractivity contribution in [1.29, 1.82) is 0 Å². The molecule has 0 N–H and O–H groups in total. The van der Waals surface area contributed by atoms with Gasteiger partial charge in [-0.3, -0.25) is 0 Å². The quantitative estimate of drug-likeness (QED) is 0.174. The Hall–Kier alpha value is -8.34. The lowest BCUT2D eigenvalue weighted by Gasteiger charge is -2.20. The smallest absolute Gasteiger partial charge is 0.161 e. The van der Waals surface area contributed by atoms with E-state index in [0.717, 1.165) is 88.6 Å². The normalized spacial score (nSPS) is 11.9. The number of hydrogen-bond acceptors (Lipinski definition) is 3. The third-order valence-corrected chi connectivity index (χ3v) is 12.5. The molecule has 13 rings (SSSR count). The predicted molar refractivity (Wildman–Crippen MR) is 258 cm³/mol. The molecule has 288 valence electrons. The molecule has 0 aliphatic rings. The lowest BCUT2D eigenvalue weighted by atomic mass is 9.93. The Kier molecular flexibility index (Phi) is 7.57. The predicted octanol–water partition coefficient (Wildman–Crippen LogP) is 15.6. The number of fused-ring (bicyclic) bond motifs is 9. The first-order valence-electron chi connectivity index (χ1n) is 21.1. The maximum absolute atomic E-state index is 6.38. The van der Waals surface area contributed by atoms with Gasteiger partial charge in [-0.25, -0.2) is 9.97 Å². The van der Waals surface area contributed by atoms with E-state index in [1.807, 2.05) is 18.2 Å². The minimum Gasteiger partial charge on any atom is -0.456 e. The van der Waals surface area contributed by atoms with E-state index in [0.29, 0.717) is 5.82 Å². The van der Waals surface area contributed by atoms with Crippen LogP contribution in [-0.4, -0.2) is 14.5 Å². The van der Waals surface area contributed by atoms with E-state index in [1.54, 1.807) is 0 Å². The van der Waals surface area contributed by atoms with Crippen LogP contribution in [0.5, 0.6) is 0 Å². The summed E-state index contributed by atoms with van der Waals surface area (Å²) in [4.78, 5) is 10.8. The maximum atomic E-state index is 6.38. The zero-order valence-corrected chi connectivity index (χ0v) is 33.5. The van der Waals surface area contributed by atoms with Crippen LogP contribution in [0.25, 0.3) is 127 Å². The largest absolute Gasteiger partial charge is 0.456 e. The van der Waals surface area contributed by atoms with Crippen LogP contribution in [-0.2, 0) is 0 Å². The van der Waals surface area contributed by atoms with Crippen molar-refractivity contribution in [3.8, 4) is 50.7 Å². The summed E-state index contributed by atoms with van der Waals surface area (Å²) in [5.74, 6) is 0.658. The number of nitrogens with zero attached hydrogens (tertiary/aromatic N) is 3. The van der Waals surface area contributed by atoms with Crippen LogP contribution in [0.1, 0.15) is 0 Å². The van der Waals surface area contributed by atoms with Crippen molar-refractivity contribution in [3.63, 3.8) is 0 Å². The molecule has 10 aromatic carbocycles. The van der Waals surface area contributed by atoms with Crippen molar-refractivity contribution >= 4 is 76.1 Å². The van der Waals surface area contributed by atoms with E-state index in [9.17, 15) is 0 Å². The Balaban J connectivity index is 1.13. The fourth-order valence-electron chi connectivity index (χ4n) is 9.61. The van der Waals surface area contributed by atoms with Gasteiger partial charge in [0.25, 0.3) is 0 Å². The van der Waals surface area contributed by atoms with Gasteiger partial charge in [0.2, 0.25) is 0 Å². The van der Waals surface area contributed by atoms with Gasteiger partial charge >= 0.3 is 0 Å². The molecular weight excluding hydrogens is 755 g/mol. The lowest BCUT2D eigenvalue weighted by molar-refractivity contribution is 0.669. The zero-order chi connectivity index (χ0) is 40.7. The molecule has 0 saturated carbocycles. The highest BCUT2D eigenvalue weighted by molar-refractivity contribution is 6.19. The van der Waals surface area contributed by atoms with Crippen LogP contribution in [0, 0.1) is 0 Å². The van der Waals surface area contributed by atoms with Gasteiger partial charge in [-0.2, -0.15) is 0 Å². The van der Waals surface area contributed by atoms with Gasteiger partial charge in [0, 0.05) is 49.2 Å². The molecule has 0 fully saturated rings. The Labute approximate surface area is 356 Å². The SMILES string of the molecule is c1ccc(-c2cc(-c3ccc4c(c3)oc3ccccc34)nc(-c3cc(-c4ccccc4)c(-n4c5cc6ccccc6cc5c5cc6ccccc6cc54)c4ccccc34)n2)cc1. The van der Waals surface area contributed by atoms with Gasteiger partial charge < -0.3 is 8.98 Å². The van der Waals surface area contributed by atoms with E-state index in [-0.39, 0.29) is 0 Å². The first-order valence-corrected chi connectivity index (χ1v) is 21.1. The van der Waals surface area contributed by atoms with E-state index in [4.69, 9.17) is 14.4 Å². The first-order chi connectivity index (χ1) is 30.7. The molecule has 0 bridgehead atoms. The number of aromatic nitrogens is 3. The van der Waals surface area contributed by atoms with Crippen molar-refractivity contribution in [2.24, 2.45) is 0 Å². The molecule has 0 atom stereocenters. The van der Waals surface area contributed by atoms with Gasteiger partial charge in [-0.15, -0.1) is 0 Å². The molecule has 0 aliphatic carbocycles. The maximum Gasteiger partial charge on any atom is 0.161 e. The van der Waals surface area contributed by atoms with Crippen LogP contribution < -0.4 is 0 Å². The minimum absolute atomic E-state index is 0.658. The highest BCUT2D eigenvalue weighted by atomic mass is 16.3. The molecular formula is C58H35N3O. The van der Waals surface area contributed by atoms with E-state index < -0.39 is 0 Å². The van der Waals surface area contributed by atoms with Gasteiger partial charge in [-0.1, -0.05) is 158 Å². The topological polar surface area (TPSA) is 43.9 Å². The van der Waals surface area contributed by atoms with E-state index in [2.05, 4.69) is 199 Å². The average molecular weight is 790 g/mol. The van der Waals surface area contributed by atoms with Crippen LogP contribution in [0.2, 0.25) is 0 Å². The molecule has 0 spiro atoms. The summed E-state index contributed by atoms with van der Waals surface area (Å²) in [5.41, 5.74) is 12.0. The van der Waals surface area contributed by atoms with Gasteiger partial charge in [0.05, 0.1) is 28.1 Å². The number of benzene rings is 10. The summed E-state index contributed by atoms with van der Waals surface area (Å²) < 4.78 is 8.89. The molecule has 0 aliphatic heterocycles. The van der Waals surface area contributed by atoms with Crippen molar-refractivity contribution in [2.75, 3.05) is 0 Å². The average Bonchev–Trinajstić information content (AvgIpc) is 3.86. The zero-order valence-electron chi connectivity index (χ0n) is 33.5. The summed E-state index contributed by atoms with van der Waals surface area (Å²) >= 11 is 0. The Morgan fingerprint density at radius 2 is 0.839 bits per heavy atom. The monoisotopic (exact) mass is 789 g/mol. The molecule has 13 aromatic rings. The summed E-state index contributed by atoms with van der Waals surface area (Å²) in [5, 5.41) is 11.7. The Bertz CT molecular complexity index is 3830. The van der Waals surface area contributed by atoms with Crippen molar-refractivity contribution in [3.05, 3.63) is 212 Å². The third-order valence-electron chi connectivity index (χ3n) is 12.5. The van der Waals surface area contributed by atoms with Crippen LogP contribution in [0.15, 0.2) is 217 Å². The molecule has 62 heavy (non-hydrogen) atoms. The molecule has 0 amide bonds. The summed E-state index contributed by atoms with van der Waals surface area (Å²) in [6, 6.07) is 75.8. The number of para-hydroxylation sites is 1. The Morgan fingerprint density at radius 1 is 0.323 bits per heavy atom. The van der Waals surface area contributed by atoms with Crippen LogP contribution >= 0.6 is 0 Å². The number of rotatable bonds is 5. The van der Waals surface area contributed by atoms with Crippen LogP contribution in [0.4, 0.5) is 0 Å². The Morgan fingerprint density at radius 3 is 1.50 bits per heavy atom. The van der Waals surface area contributed by atoms with E-state index >= 15 is 0 Å². The second-order valence-corrected chi connectivity index (χ2v) is 16.1. The highest BCUT2D eigenvalue weighted by Gasteiger charge is 2.23. The van der Waals surface area contributed by atoms with E-state index in [1.165, 1.54) is 32.3 Å². The summed E-state index contributed by atoms with van der Waals surface area (Å²) in [7, 11) is 0. The molecule has 0 saturated heterocycles. The second-order valence-electron chi connectivity index (χ2n) is 16.1. The summed E-state index contributed by atoms with van der Waals surface area (Å²) in [6.07, 6.45) is 0. The molecule has 4 nitrogen and oxygen atoms in total.